The summed E-state index contributed by atoms with van der Waals surface area (Å²) >= 11 is 0. The molecule has 1 N–H and O–H groups in total. The topological polar surface area (TPSA) is 12.0 Å². The maximum atomic E-state index is 3.69. The summed E-state index contributed by atoms with van der Waals surface area (Å²) in [5.74, 6) is 0. The van der Waals surface area contributed by atoms with Crippen molar-refractivity contribution in [3.05, 3.63) is 83.4 Å². The zero-order valence-electron chi connectivity index (χ0n) is 15.0. The van der Waals surface area contributed by atoms with Gasteiger partial charge in [-0.1, -0.05) is 73.7 Å². The van der Waals surface area contributed by atoms with Crippen LogP contribution in [0.5, 0.6) is 0 Å². The Kier molecular flexibility index (Phi) is 5.01. The van der Waals surface area contributed by atoms with Crippen molar-refractivity contribution in [3.63, 3.8) is 0 Å². The Balaban J connectivity index is 1.92. The Labute approximate surface area is 145 Å². The molecule has 0 aliphatic heterocycles. The molecule has 0 aromatic heterocycles. The van der Waals surface area contributed by atoms with Gasteiger partial charge in [-0.05, 0) is 54.2 Å². The lowest BCUT2D eigenvalue weighted by Crippen LogP contribution is -2.37. The molecule has 0 radical (unpaired) electrons. The van der Waals surface area contributed by atoms with E-state index in [9.17, 15) is 0 Å². The van der Waals surface area contributed by atoms with Gasteiger partial charge in [0.25, 0.3) is 0 Å². The molecule has 1 heteroatoms. The van der Waals surface area contributed by atoms with Gasteiger partial charge < -0.3 is 5.32 Å². The second-order valence-electron chi connectivity index (χ2n) is 7.18. The van der Waals surface area contributed by atoms with Crippen LogP contribution in [0.2, 0.25) is 0 Å². The fourth-order valence-electron chi connectivity index (χ4n) is 3.01. The average molecular weight is 317 g/mol. The maximum Gasteiger partial charge on any atom is 0.0216 e. The summed E-state index contributed by atoms with van der Waals surface area (Å²) in [5, 5.41) is 6.42. The van der Waals surface area contributed by atoms with Crippen LogP contribution in [0.3, 0.4) is 0 Å². The Morgan fingerprint density at radius 1 is 0.750 bits per heavy atom. The van der Waals surface area contributed by atoms with Crippen molar-refractivity contribution in [2.75, 3.05) is 0 Å². The van der Waals surface area contributed by atoms with E-state index >= 15 is 0 Å². The molecule has 3 aromatic carbocycles. The molecule has 0 saturated carbocycles. The first kappa shape index (κ1) is 16.7. The van der Waals surface area contributed by atoms with E-state index in [-0.39, 0.29) is 5.54 Å². The predicted octanol–water partition coefficient (Wildman–Crippen LogP) is 5.71. The molecule has 0 atom stereocenters. The third-order valence-corrected chi connectivity index (χ3v) is 4.98. The summed E-state index contributed by atoms with van der Waals surface area (Å²) in [4.78, 5) is 0. The highest BCUT2D eigenvalue weighted by Crippen LogP contribution is 2.25. The molecule has 0 bridgehead atoms. The van der Waals surface area contributed by atoms with Gasteiger partial charge in [0.2, 0.25) is 0 Å². The first-order valence-corrected chi connectivity index (χ1v) is 8.87. The quantitative estimate of drug-likeness (QED) is 0.614. The Bertz CT molecular complexity index is 803. The van der Waals surface area contributed by atoms with Crippen LogP contribution in [0, 0.1) is 0 Å². The van der Waals surface area contributed by atoms with Gasteiger partial charge >= 0.3 is 0 Å². The van der Waals surface area contributed by atoms with Crippen LogP contribution in [-0.2, 0) is 13.0 Å². The lowest BCUT2D eigenvalue weighted by Gasteiger charge is -2.25. The zero-order chi connectivity index (χ0) is 17.0. The number of hydrogen-bond donors (Lipinski definition) is 1. The Hall–Kier alpha value is -2.12. The van der Waals surface area contributed by atoms with Gasteiger partial charge in [-0.3, -0.25) is 0 Å². The molecule has 0 amide bonds. The normalized spacial score (nSPS) is 11.8. The van der Waals surface area contributed by atoms with E-state index in [4.69, 9.17) is 0 Å². The van der Waals surface area contributed by atoms with E-state index in [1.807, 2.05) is 0 Å². The first-order valence-electron chi connectivity index (χ1n) is 8.87. The van der Waals surface area contributed by atoms with E-state index < -0.39 is 0 Å². The largest absolute Gasteiger partial charge is 0.308 e. The minimum Gasteiger partial charge on any atom is -0.308 e. The predicted molar refractivity (Wildman–Crippen MR) is 104 cm³/mol. The fourth-order valence-corrected chi connectivity index (χ4v) is 3.01. The van der Waals surface area contributed by atoms with Gasteiger partial charge in [-0.25, -0.2) is 0 Å². The summed E-state index contributed by atoms with van der Waals surface area (Å²) in [6.45, 7) is 7.67. The molecule has 3 rings (SSSR count). The smallest absolute Gasteiger partial charge is 0.0216 e. The molecular formula is C23H27N. The second kappa shape index (κ2) is 7.19. The fraction of sp³-hybridized carbons (Fsp3) is 0.304. The molecule has 0 aliphatic rings. The molecule has 0 spiro atoms. The number of rotatable bonds is 6. The summed E-state index contributed by atoms with van der Waals surface area (Å²) in [5.41, 5.74) is 4.31. The van der Waals surface area contributed by atoms with Crippen molar-refractivity contribution in [3.8, 4) is 0 Å². The molecule has 0 unspecified atom stereocenters. The highest BCUT2D eigenvalue weighted by atomic mass is 14.9. The Morgan fingerprint density at radius 2 is 1.33 bits per heavy atom. The van der Waals surface area contributed by atoms with Crippen molar-refractivity contribution in [1.29, 1.82) is 0 Å². The molecule has 124 valence electrons. The molecule has 1 nitrogen and oxygen atoms in total. The lowest BCUT2D eigenvalue weighted by atomic mass is 9.94. The second-order valence-corrected chi connectivity index (χ2v) is 7.18. The molecular weight excluding hydrogens is 290 g/mol. The van der Waals surface area contributed by atoms with Crippen LogP contribution in [0.25, 0.3) is 10.8 Å². The summed E-state index contributed by atoms with van der Waals surface area (Å²) in [6.07, 6.45) is 2.10. The molecule has 24 heavy (non-hydrogen) atoms. The van der Waals surface area contributed by atoms with Crippen LogP contribution in [0.1, 0.15) is 43.9 Å². The van der Waals surface area contributed by atoms with Crippen molar-refractivity contribution >= 4 is 10.8 Å². The van der Waals surface area contributed by atoms with Gasteiger partial charge in [0.1, 0.15) is 0 Å². The molecule has 0 aliphatic carbocycles. The lowest BCUT2D eigenvalue weighted by molar-refractivity contribution is 0.375. The van der Waals surface area contributed by atoms with Gasteiger partial charge in [0.05, 0.1) is 0 Å². The number of fused-ring (bicyclic) bond motifs is 1. The highest BCUT2D eigenvalue weighted by molar-refractivity contribution is 5.89. The van der Waals surface area contributed by atoms with Crippen LogP contribution < -0.4 is 5.32 Å². The first-order chi connectivity index (χ1) is 11.6. The van der Waals surface area contributed by atoms with Crippen molar-refractivity contribution in [2.24, 2.45) is 0 Å². The van der Waals surface area contributed by atoms with E-state index in [0.29, 0.717) is 0 Å². The van der Waals surface area contributed by atoms with Crippen LogP contribution in [-0.4, -0.2) is 5.54 Å². The molecule has 3 aromatic rings. The third-order valence-electron chi connectivity index (χ3n) is 4.98. The van der Waals surface area contributed by atoms with Gasteiger partial charge in [-0.2, -0.15) is 0 Å². The van der Waals surface area contributed by atoms with E-state index in [1.165, 1.54) is 27.5 Å². The van der Waals surface area contributed by atoms with Gasteiger partial charge in [0.15, 0.2) is 0 Å². The minimum absolute atomic E-state index is 0.170. The van der Waals surface area contributed by atoms with E-state index in [1.54, 1.807) is 0 Å². The van der Waals surface area contributed by atoms with Gasteiger partial charge in [0, 0.05) is 12.1 Å². The zero-order valence-corrected chi connectivity index (χ0v) is 15.0. The summed E-state index contributed by atoms with van der Waals surface area (Å²) < 4.78 is 0. The molecule has 0 heterocycles. The van der Waals surface area contributed by atoms with Crippen LogP contribution in [0.15, 0.2) is 66.7 Å². The Morgan fingerprint density at radius 3 is 2.00 bits per heavy atom. The average Bonchev–Trinajstić information content (AvgIpc) is 2.62. The van der Waals surface area contributed by atoms with Crippen molar-refractivity contribution < 1.29 is 0 Å². The van der Waals surface area contributed by atoms with Crippen LogP contribution >= 0.6 is 0 Å². The third kappa shape index (κ3) is 3.85. The summed E-state index contributed by atoms with van der Waals surface area (Å²) in [6, 6.07) is 24.1. The molecule has 0 fully saturated rings. The number of nitrogens with one attached hydrogen (secondary N) is 1. The van der Waals surface area contributed by atoms with Crippen molar-refractivity contribution in [1.82, 2.24) is 5.32 Å². The monoisotopic (exact) mass is 317 g/mol. The van der Waals surface area contributed by atoms with E-state index in [2.05, 4.69) is 92.8 Å². The van der Waals surface area contributed by atoms with Crippen LogP contribution in [0.4, 0.5) is 0 Å². The van der Waals surface area contributed by atoms with Crippen molar-refractivity contribution in [2.45, 2.75) is 45.7 Å². The minimum atomic E-state index is 0.170. The van der Waals surface area contributed by atoms with Gasteiger partial charge in [-0.15, -0.1) is 0 Å². The number of benzene rings is 3. The molecule has 0 saturated heterocycles. The SMILES string of the molecule is CCC(C)(C)NCc1ccc(Cc2ccccc2)c2ccccc12. The maximum absolute atomic E-state index is 3.69. The number of hydrogen-bond acceptors (Lipinski definition) is 1. The standard InChI is InChI=1S/C23H27N/c1-4-23(2,3)24-17-20-15-14-19(16-18-10-6-5-7-11-18)21-12-8-9-13-22(20)21/h5-15,24H,4,16-17H2,1-3H3. The van der Waals surface area contributed by atoms with E-state index in [0.717, 1.165) is 19.4 Å². The highest BCUT2D eigenvalue weighted by Gasteiger charge is 2.14. The summed E-state index contributed by atoms with van der Waals surface area (Å²) in [7, 11) is 0.